The second-order valence-corrected chi connectivity index (χ2v) is 5.11. The minimum atomic E-state index is -0.521. The van der Waals surface area contributed by atoms with Gasteiger partial charge >= 0.3 is 5.97 Å². The molecule has 2 aromatic rings. The summed E-state index contributed by atoms with van der Waals surface area (Å²) in [5.74, 6) is -1.01. The summed E-state index contributed by atoms with van der Waals surface area (Å²) in [6, 6.07) is 11.0. The summed E-state index contributed by atoms with van der Waals surface area (Å²) in [4.78, 5) is 11.7. The van der Waals surface area contributed by atoms with E-state index in [0.717, 1.165) is 4.47 Å². The van der Waals surface area contributed by atoms with E-state index in [9.17, 15) is 9.18 Å². The number of esters is 1. The number of halogens is 3. The Bertz CT molecular complexity index is 579. The van der Waals surface area contributed by atoms with Crippen molar-refractivity contribution in [3.05, 3.63) is 68.9 Å². The number of ether oxygens (including phenoxy) is 1. The van der Waals surface area contributed by atoms with Crippen LogP contribution in [0.3, 0.4) is 0 Å². The molecule has 0 heterocycles. The van der Waals surface area contributed by atoms with Crippen molar-refractivity contribution >= 4 is 33.5 Å². The Kier molecular flexibility index (Phi) is 4.56. The molecule has 0 atom stereocenters. The molecule has 0 amide bonds. The summed E-state index contributed by atoms with van der Waals surface area (Å²) in [6.45, 7) is -0.194. The molecule has 0 bridgehead atoms. The fourth-order valence-corrected chi connectivity index (χ4v) is 1.96. The SMILES string of the molecule is O=C(OCc1c(F)cccc1Cl)c1ccc(Br)cc1. The highest BCUT2D eigenvalue weighted by Gasteiger charge is 2.11. The third kappa shape index (κ3) is 3.55. The van der Waals surface area contributed by atoms with Crippen LogP contribution in [0.5, 0.6) is 0 Å². The highest BCUT2D eigenvalue weighted by atomic mass is 79.9. The first-order valence-electron chi connectivity index (χ1n) is 5.43. The fraction of sp³-hybridized carbons (Fsp3) is 0.0714. The van der Waals surface area contributed by atoms with Gasteiger partial charge in [0.15, 0.2) is 0 Å². The van der Waals surface area contributed by atoms with E-state index in [1.54, 1.807) is 30.3 Å². The molecule has 0 fully saturated rings. The first kappa shape index (κ1) is 14.0. The molecule has 0 aliphatic rings. The summed E-state index contributed by atoms with van der Waals surface area (Å²) in [7, 11) is 0. The zero-order chi connectivity index (χ0) is 13.8. The quantitative estimate of drug-likeness (QED) is 0.761. The van der Waals surface area contributed by atoms with Crippen LogP contribution in [0.2, 0.25) is 5.02 Å². The van der Waals surface area contributed by atoms with Crippen LogP contribution in [-0.4, -0.2) is 5.97 Å². The molecule has 2 nitrogen and oxygen atoms in total. The van der Waals surface area contributed by atoms with Crippen molar-refractivity contribution in [3.63, 3.8) is 0 Å². The van der Waals surface area contributed by atoms with Crippen LogP contribution in [0, 0.1) is 5.82 Å². The van der Waals surface area contributed by atoms with E-state index < -0.39 is 11.8 Å². The molecule has 0 aromatic heterocycles. The number of hydrogen-bond donors (Lipinski definition) is 0. The molecular formula is C14H9BrClFO2. The van der Waals surface area contributed by atoms with Gasteiger partial charge in [-0.15, -0.1) is 0 Å². The first-order chi connectivity index (χ1) is 9.08. The standard InChI is InChI=1S/C14H9BrClFO2/c15-10-6-4-9(5-7-10)14(18)19-8-11-12(16)2-1-3-13(11)17/h1-7H,8H2. The average molecular weight is 344 g/mol. The van der Waals surface area contributed by atoms with Crippen molar-refractivity contribution in [2.75, 3.05) is 0 Å². The predicted molar refractivity (Wildman–Crippen MR) is 74.7 cm³/mol. The molecule has 5 heteroatoms. The van der Waals surface area contributed by atoms with Gasteiger partial charge in [0.1, 0.15) is 12.4 Å². The summed E-state index contributed by atoms with van der Waals surface area (Å²) in [5.41, 5.74) is 0.574. The Balaban J connectivity index is 2.06. The van der Waals surface area contributed by atoms with Gasteiger partial charge < -0.3 is 4.74 Å². The molecular weight excluding hydrogens is 335 g/mol. The largest absolute Gasteiger partial charge is 0.457 e. The molecule has 0 saturated carbocycles. The zero-order valence-electron chi connectivity index (χ0n) is 9.70. The lowest BCUT2D eigenvalue weighted by molar-refractivity contribution is 0.0469. The van der Waals surface area contributed by atoms with E-state index in [-0.39, 0.29) is 17.2 Å². The maximum absolute atomic E-state index is 13.5. The van der Waals surface area contributed by atoms with Crippen LogP contribution in [0.1, 0.15) is 15.9 Å². The summed E-state index contributed by atoms with van der Waals surface area (Å²) in [6.07, 6.45) is 0. The van der Waals surface area contributed by atoms with Crippen LogP contribution in [0.15, 0.2) is 46.9 Å². The fourth-order valence-electron chi connectivity index (χ4n) is 1.48. The number of benzene rings is 2. The molecule has 0 saturated heterocycles. The van der Waals surface area contributed by atoms with Gasteiger partial charge in [0.25, 0.3) is 0 Å². The van der Waals surface area contributed by atoms with Gasteiger partial charge in [0.05, 0.1) is 10.6 Å². The molecule has 2 rings (SSSR count). The predicted octanol–water partition coefficient (Wildman–Crippen LogP) is 4.60. The molecule has 2 aromatic carbocycles. The lowest BCUT2D eigenvalue weighted by Crippen LogP contribution is -2.06. The lowest BCUT2D eigenvalue weighted by Gasteiger charge is -2.07. The Labute approximate surface area is 123 Å². The summed E-state index contributed by atoms with van der Waals surface area (Å²) >= 11 is 9.11. The Morgan fingerprint density at radius 1 is 1.21 bits per heavy atom. The van der Waals surface area contributed by atoms with Crippen molar-refractivity contribution in [2.24, 2.45) is 0 Å². The highest BCUT2D eigenvalue weighted by molar-refractivity contribution is 9.10. The topological polar surface area (TPSA) is 26.3 Å². The van der Waals surface area contributed by atoms with Gasteiger partial charge in [0, 0.05) is 10.0 Å². The van der Waals surface area contributed by atoms with Gasteiger partial charge in [-0.05, 0) is 36.4 Å². The zero-order valence-corrected chi connectivity index (χ0v) is 12.0. The van der Waals surface area contributed by atoms with E-state index in [4.69, 9.17) is 16.3 Å². The number of rotatable bonds is 3. The average Bonchev–Trinajstić information content (AvgIpc) is 2.38. The molecule has 0 aliphatic heterocycles. The van der Waals surface area contributed by atoms with Crippen LogP contribution < -0.4 is 0 Å². The Hall–Kier alpha value is -1.39. The maximum atomic E-state index is 13.5. The van der Waals surface area contributed by atoms with E-state index in [1.807, 2.05) is 0 Å². The number of carbonyl (C=O) groups is 1. The molecule has 0 radical (unpaired) electrons. The monoisotopic (exact) mass is 342 g/mol. The summed E-state index contributed by atoms with van der Waals surface area (Å²) in [5, 5.41) is 0.239. The van der Waals surface area contributed by atoms with Crippen LogP contribution in [0.25, 0.3) is 0 Å². The van der Waals surface area contributed by atoms with E-state index in [2.05, 4.69) is 15.9 Å². The van der Waals surface area contributed by atoms with Gasteiger partial charge in [-0.1, -0.05) is 33.6 Å². The normalized spacial score (nSPS) is 10.3. The highest BCUT2D eigenvalue weighted by Crippen LogP contribution is 2.20. The van der Waals surface area contributed by atoms with Gasteiger partial charge in [-0.2, -0.15) is 0 Å². The maximum Gasteiger partial charge on any atom is 0.338 e. The van der Waals surface area contributed by atoms with Crippen LogP contribution in [-0.2, 0) is 11.3 Å². The minimum absolute atomic E-state index is 0.176. The molecule has 0 aliphatic carbocycles. The number of hydrogen-bond acceptors (Lipinski definition) is 2. The minimum Gasteiger partial charge on any atom is -0.457 e. The van der Waals surface area contributed by atoms with E-state index >= 15 is 0 Å². The molecule has 0 unspecified atom stereocenters. The first-order valence-corrected chi connectivity index (χ1v) is 6.60. The third-order valence-electron chi connectivity index (χ3n) is 2.49. The van der Waals surface area contributed by atoms with Crippen molar-refractivity contribution < 1.29 is 13.9 Å². The van der Waals surface area contributed by atoms with Crippen molar-refractivity contribution in [3.8, 4) is 0 Å². The molecule has 0 spiro atoms. The second-order valence-electron chi connectivity index (χ2n) is 3.78. The van der Waals surface area contributed by atoms with Crippen LogP contribution in [0.4, 0.5) is 4.39 Å². The third-order valence-corrected chi connectivity index (χ3v) is 3.37. The van der Waals surface area contributed by atoms with Crippen molar-refractivity contribution in [1.82, 2.24) is 0 Å². The lowest BCUT2D eigenvalue weighted by atomic mass is 10.2. The number of carbonyl (C=O) groups excluding carboxylic acids is 1. The second kappa shape index (κ2) is 6.17. The Morgan fingerprint density at radius 2 is 1.89 bits per heavy atom. The van der Waals surface area contributed by atoms with E-state index in [0.29, 0.717) is 5.56 Å². The van der Waals surface area contributed by atoms with Crippen molar-refractivity contribution in [1.29, 1.82) is 0 Å². The molecule has 19 heavy (non-hydrogen) atoms. The summed E-state index contributed by atoms with van der Waals surface area (Å²) < 4.78 is 19.4. The molecule has 0 N–H and O–H groups in total. The van der Waals surface area contributed by atoms with E-state index in [1.165, 1.54) is 12.1 Å². The van der Waals surface area contributed by atoms with Crippen LogP contribution >= 0.6 is 27.5 Å². The Morgan fingerprint density at radius 3 is 2.53 bits per heavy atom. The smallest absolute Gasteiger partial charge is 0.338 e. The van der Waals surface area contributed by atoms with Gasteiger partial charge in [-0.3, -0.25) is 0 Å². The van der Waals surface area contributed by atoms with Gasteiger partial charge in [-0.25, -0.2) is 9.18 Å². The molecule has 98 valence electrons. The van der Waals surface area contributed by atoms with Crippen molar-refractivity contribution in [2.45, 2.75) is 6.61 Å². The van der Waals surface area contributed by atoms with Gasteiger partial charge in [0.2, 0.25) is 0 Å².